The lowest BCUT2D eigenvalue weighted by atomic mass is 9.83. The average molecular weight is 236 g/mol. The van der Waals surface area contributed by atoms with E-state index in [1.54, 1.807) is 13.0 Å². The van der Waals surface area contributed by atoms with Crippen molar-refractivity contribution in [2.45, 2.75) is 39.9 Å². The molecule has 2 atom stereocenters. The van der Waals surface area contributed by atoms with Gasteiger partial charge in [0.1, 0.15) is 6.10 Å². The van der Waals surface area contributed by atoms with Crippen LogP contribution in [0.2, 0.25) is 0 Å². The third kappa shape index (κ3) is 2.61. The van der Waals surface area contributed by atoms with Crippen LogP contribution in [0.25, 0.3) is 0 Å². The SMILES string of the molecule is CC1=C(C#C/C(C)=C/CO)C(C)(C)C(O)C1O. The predicted molar refractivity (Wildman–Crippen MR) is 67.1 cm³/mol. The molecule has 0 aliphatic heterocycles. The molecule has 1 aliphatic rings. The van der Waals surface area contributed by atoms with Crippen LogP contribution >= 0.6 is 0 Å². The Hall–Kier alpha value is -1.08. The van der Waals surface area contributed by atoms with Gasteiger partial charge in [0.15, 0.2) is 0 Å². The molecular formula is C14H20O3. The number of aliphatic hydroxyl groups is 3. The highest BCUT2D eigenvalue weighted by Crippen LogP contribution is 2.42. The molecule has 0 aromatic heterocycles. The van der Waals surface area contributed by atoms with Gasteiger partial charge in [-0.1, -0.05) is 25.7 Å². The maximum Gasteiger partial charge on any atom is 0.103 e. The van der Waals surface area contributed by atoms with Crippen LogP contribution in [0.4, 0.5) is 0 Å². The van der Waals surface area contributed by atoms with E-state index in [1.807, 2.05) is 20.8 Å². The van der Waals surface area contributed by atoms with Gasteiger partial charge in [-0.15, -0.1) is 0 Å². The van der Waals surface area contributed by atoms with Crippen molar-refractivity contribution in [1.29, 1.82) is 0 Å². The zero-order valence-corrected chi connectivity index (χ0v) is 10.8. The van der Waals surface area contributed by atoms with Gasteiger partial charge in [0.2, 0.25) is 0 Å². The Bertz CT molecular complexity index is 418. The Morgan fingerprint density at radius 2 is 2.00 bits per heavy atom. The Labute approximate surface area is 102 Å². The predicted octanol–water partition coefficient (Wildman–Crippen LogP) is 1.01. The fraction of sp³-hybridized carbons (Fsp3) is 0.571. The molecule has 0 saturated carbocycles. The molecule has 0 radical (unpaired) electrons. The minimum absolute atomic E-state index is 0.0345. The summed E-state index contributed by atoms with van der Waals surface area (Å²) in [4.78, 5) is 0. The van der Waals surface area contributed by atoms with Gasteiger partial charge in [0, 0.05) is 11.0 Å². The van der Waals surface area contributed by atoms with Gasteiger partial charge in [-0.25, -0.2) is 0 Å². The van der Waals surface area contributed by atoms with Crippen LogP contribution in [0.15, 0.2) is 22.8 Å². The molecule has 1 aliphatic carbocycles. The third-order valence-corrected chi connectivity index (χ3v) is 3.30. The maximum atomic E-state index is 9.92. The quantitative estimate of drug-likeness (QED) is 0.595. The second-order valence-electron chi connectivity index (χ2n) is 4.99. The van der Waals surface area contributed by atoms with E-state index in [4.69, 9.17) is 5.11 Å². The van der Waals surface area contributed by atoms with Gasteiger partial charge in [0.25, 0.3) is 0 Å². The lowest BCUT2D eigenvalue weighted by Crippen LogP contribution is -2.33. The first-order valence-electron chi connectivity index (χ1n) is 5.69. The highest BCUT2D eigenvalue weighted by atomic mass is 16.3. The summed E-state index contributed by atoms with van der Waals surface area (Å²) in [5.74, 6) is 5.92. The smallest absolute Gasteiger partial charge is 0.103 e. The van der Waals surface area contributed by atoms with Crippen LogP contribution in [-0.4, -0.2) is 34.1 Å². The summed E-state index contributed by atoms with van der Waals surface area (Å²) in [5, 5.41) is 28.5. The number of hydrogen-bond donors (Lipinski definition) is 3. The van der Waals surface area contributed by atoms with Crippen molar-refractivity contribution < 1.29 is 15.3 Å². The Kier molecular flexibility index (Phi) is 4.16. The monoisotopic (exact) mass is 236 g/mol. The van der Waals surface area contributed by atoms with Crippen molar-refractivity contribution in [2.24, 2.45) is 5.41 Å². The molecule has 0 amide bonds. The summed E-state index contributed by atoms with van der Waals surface area (Å²) >= 11 is 0. The molecule has 0 heterocycles. The highest BCUT2D eigenvalue weighted by Gasteiger charge is 2.44. The minimum atomic E-state index is -0.837. The van der Waals surface area contributed by atoms with Gasteiger partial charge < -0.3 is 15.3 Å². The van der Waals surface area contributed by atoms with E-state index in [0.717, 1.165) is 16.7 Å². The zero-order chi connectivity index (χ0) is 13.2. The van der Waals surface area contributed by atoms with Crippen molar-refractivity contribution in [1.82, 2.24) is 0 Å². The van der Waals surface area contributed by atoms with E-state index in [-0.39, 0.29) is 6.61 Å². The first-order chi connectivity index (χ1) is 7.82. The van der Waals surface area contributed by atoms with Gasteiger partial charge >= 0.3 is 0 Å². The molecule has 3 nitrogen and oxygen atoms in total. The Balaban J connectivity index is 3.09. The Morgan fingerprint density at radius 3 is 2.41 bits per heavy atom. The zero-order valence-electron chi connectivity index (χ0n) is 10.8. The van der Waals surface area contributed by atoms with Crippen LogP contribution in [0.5, 0.6) is 0 Å². The van der Waals surface area contributed by atoms with Gasteiger partial charge in [0.05, 0.1) is 12.7 Å². The van der Waals surface area contributed by atoms with Gasteiger partial charge in [-0.2, -0.15) is 0 Å². The summed E-state index contributed by atoms with van der Waals surface area (Å²) in [5.41, 5.74) is 1.75. The van der Waals surface area contributed by atoms with E-state index in [2.05, 4.69) is 11.8 Å². The Morgan fingerprint density at radius 1 is 1.41 bits per heavy atom. The lowest BCUT2D eigenvalue weighted by molar-refractivity contribution is -0.000139. The molecule has 0 spiro atoms. The number of rotatable bonds is 1. The first kappa shape index (κ1) is 14.0. The topological polar surface area (TPSA) is 60.7 Å². The molecule has 17 heavy (non-hydrogen) atoms. The molecule has 94 valence electrons. The lowest BCUT2D eigenvalue weighted by Gasteiger charge is -2.25. The van der Waals surface area contributed by atoms with Crippen LogP contribution in [-0.2, 0) is 0 Å². The summed E-state index contributed by atoms with van der Waals surface area (Å²) in [6.45, 7) is 7.30. The van der Waals surface area contributed by atoms with Crippen LogP contribution in [0.1, 0.15) is 27.7 Å². The van der Waals surface area contributed by atoms with E-state index in [0.29, 0.717) is 0 Å². The molecule has 3 heteroatoms. The summed E-state index contributed by atoms with van der Waals surface area (Å²) in [7, 11) is 0. The largest absolute Gasteiger partial charge is 0.392 e. The van der Waals surface area contributed by atoms with Crippen LogP contribution in [0.3, 0.4) is 0 Å². The molecule has 3 N–H and O–H groups in total. The fourth-order valence-corrected chi connectivity index (χ4v) is 2.04. The second-order valence-corrected chi connectivity index (χ2v) is 4.99. The van der Waals surface area contributed by atoms with Crippen LogP contribution in [0, 0.1) is 17.3 Å². The first-order valence-corrected chi connectivity index (χ1v) is 5.69. The van der Waals surface area contributed by atoms with Gasteiger partial charge in [-0.05, 0) is 31.1 Å². The second kappa shape index (κ2) is 5.05. The molecule has 2 unspecified atom stereocenters. The van der Waals surface area contributed by atoms with Crippen LogP contribution < -0.4 is 0 Å². The van der Waals surface area contributed by atoms with Crippen molar-refractivity contribution in [3.63, 3.8) is 0 Å². The van der Waals surface area contributed by atoms with E-state index < -0.39 is 17.6 Å². The maximum absolute atomic E-state index is 9.92. The summed E-state index contributed by atoms with van der Waals surface area (Å²) in [6.07, 6.45) is -0.0251. The fourth-order valence-electron chi connectivity index (χ4n) is 2.04. The van der Waals surface area contributed by atoms with E-state index in [9.17, 15) is 10.2 Å². The molecule has 0 aromatic rings. The molecule has 0 saturated heterocycles. The van der Waals surface area contributed by atoms with Crippen molar-refractivity contribution in [2.75, 3.05) is 6.61 Å². The summed E-state index contributed by atoms with van der Waals surface area (Å²) in [6, 6.07) is 0. The van der Waals surface area contributed by atoms with Crippen molar-refractivity contribution in [3.05, 3.63) is 22.8 Å². The highest BCUT2D eigenvalue weighted by molar-refractivity contribution is 5.48. The van der Waals surface area contributed by atoms with E-state index >= 15 is 0 Å². The van der Waals surface area contributed by atoms with Crippen molar-refractivity contribution >= 4 is 0 Å². The summed E-state index contributed by atoms with van der Waals surface area (Å²) < 4.78 is 0. The third-order valence-electron chi connectivity index (χ3n) is 3.30. The minimum Gasteiger partial charge on any atom is -0.392 e. The normalized spacial score (nSPS) is 28.1. The van der Waals surface area contributed by atoms with Crippen molar-refractivity contribution in [3.8, 4) is 11.8 Å². The average Bonchev–Trinajstić information content (AvgIpc) is 2.39. The molecule has 1 rings (SSSR count). The van der Waals surface area contributed by atoms with Gasteiger partial charge in [-0.3, -0.25) is 0 Å². The number of allylic oxidation sites excluding steroid dienone is 1. The molecule has 0 bridgehead atoms. The molecular weight excluding hydrogens is 216 g/mol. The van der Waals surface area contributed by atoms with E-state index in [1.165, 1.54) is 0 Å². The number of aliphatic hydroxyl groups excluding tert-OH is 3. The molecule has 0 fully saturated rings. The number of hydrogen-bond acceptors (Lipinski definition) is 3. The standard InChI is InChI=1S/C14H20O3/c1-9(7-8-15)5-6-11-10(2)12(16)13(17)14(11,3)4/h7,12-13,15-17H,8H2,1-4H3/b9-7+. The molecule has 0 aromatic carbocycles.